The molecule has 1 heterocycles. The average molecular weight is 477 g/mol. The smallest absolute Gasteiger partial charge is 0.338 e. The number of hydrogen-bond donors (Lipinski definition) is 1. The van der Waals surface area contributed by atoms with Crippen LogP contribution in [0.3, 0.4) is 0 Å². The number of rotatable bonds is 8. The Morgan fingerprint density at radius 3 is 2.50 bits per heavy atom. The number of thiophene rings is 1. The molecule has 1 aromatic heterocycles. The van der Waals surface area contributed by atoms with Crippen molar-refractivity contribution in [3.05, 3.63) is 76.9 Å². The normalized spacial score (nSPS) is 11.1. The van der Waals surface area contributed by atoms with Gasteiger partial charge in [-0.25, -0.2) is 17.6 Å². The highest BCUT2D eigenvalue weighted by atomic mass is 32.2. The lowest BCUT2D eigenvalue weighted by atomic mass is 10.1. The van der Waals surface area contributed by atoms with Crippen molar-refractivity contribution >= 4 is 44.6 Å². The highest BCUT2D eigenvalue weighted by Crippen LogP contribution is 2.28. The van der Waals surface area contributed by atoms with E-state index in [1.807, 2.05) is 0 Å². The number of halogens is 1. The number of anilines is 2. The van der Waals surface area contributed by atoms with Crippen LogP contribution in [0.2, 0.25) is 0 Å². The summed E-state index contributed by atoms with van der Waals surface area (Å²) in [5, 5.41) is 4.19. The number of para-hydroxylation sites is 1. The van der Waals surface area contributed by atoms with Gasteiger partial charge in [0.2, 0.25) is 5.91 Å². The van der Waals surface area contributed by atoms with Crippen molar-refractivity contribution in [3.8, 4) is 0 Å². The molecule has 0 spiro atoms. The van der Waals surface area contributed by atoms with Gasteiger partial charge in [0, 0.05) is 5.69 Å². The third-order valence-electron chi connectivity index (χ3n) is 4.55. The van der Waals surface area contributed by atoms with Gasteiger partial charge in [-0.15, -0.1) is 11.3 Å². The van der Waals surface area contributed by atoms with E-state index in [0.29, 0.717) is 11.3 Å². The average Bonchev–Trinajstić information content (AvgIpc) is 3.30. The fourth-order valence-corrected chi connectivity index (χ4v) is 5.53. The molecule has 1 amide bonds. The van der Waals surface area contributed by atoms with Gasteiger partial charge < -0.3 is 10.1 Å². The summed E-state index contributed by atoms with van der Waals surface area (Å²) >= 11 is 0.967. The third kappa shape index (κ3) is 4.97. The van der Waals surface area contributed by atoms with Gasteiger partial charge in [-0.2, -0.15) is 0 Å². The van der Waals surface area contributed by atoms with Crippen LogP contribution in [-0.4, -0.2) is 33.4 Å². The molecular weight excluding hydrogens is 455 g/mol. The summed E-state index contributed by atoms with van der Waals surface area (Å²) in [6.07, 6.45) is 0. The summed E-state index contributed by atoms with van der Waals surface area (Å²) in [5.41, 5.74) is 0.829. The number of benzene rings is 2. The minimum atomic E-state index is -4.18. The summed E-state index contributed by atoms with van der Waals surface area (Å²) in [5.74, 6) is -2.01. The number of carbonyl (C=O) groups excluding carboxylic acids is 2. The first-order valence-electron chi connectivity index (χ1n) is 9.63. The van der Waals surface area contributed by atoms with Crippen LogP contribution in [0.4, 0.5) is 15.8 Å². The fraction of sp³-hybridized carbons (Fsp3) is 0.182. The van der Waals surface area contributed by atoms with Gasteiger partial charge in [0.25, 0.3) is 10.0 Å². The fourth-order valence-electron chi connectivity index (χ4n) is 2.99. The van der Waals surface area contributed by atoms with E-state index in [9.17, 15) is 22.4 Å². The highest BCUT2D eigenvalue weighted by Gasteiger charge is 2.30. The third-order valence-corrected chi connectivity index (χ3v) is 7.68. The maximum atomic E-state index is 14.5. The van der Waals surface area contributed by atoms with Gasteiger partial charge in [-0.1, -0.05) is 24.3 Å². The van der Waals surface area contributed by atoms with E-state index in [1.165, 1.54) is 24.3 Å². The first kappa shape index (κ1) is 23.4. The SMILES string of the molecule is CCOC(=O)c1cccc(NC(=O)CN(c2ccccc2F)S(=O)(=O)c2cccs2)c1C. The largest absolute Gasteiger partial charge is 0.462 e. The van der Waals surface area contributed by atoms with Crippen molar-refractivity contribution in [1.29, 1.82) is 0 Å². The van der Waals surface area contributed by atoms with Gasteiger partial charge in [0.05, 0.1) is 17.9 Å². The van der Waals surface area contributed by atoms with Gasteiger partial charge in [-0.3, -0.25) is 9.10 Å². The van der Waals surface area contributed by atoms with E-state index in [2.05, 4.69) is 5.32 Å². The van der Waals surface area contributed by atoms with Crippen LogP contribution in [0.1, 0.15) is 22.8 Å². The van der Waals surface area contributed by atoms with Crippen molar-refractivity contribution in [2.45, 2.75) is 18.1 Å². The number of amides is 1. The monoisotopic (exact) mass is 476 g/mol. The molecule has 3 rings (SSSR count). The molecule has 3 aromatic rings. The summed E-state index contributed by atoms with van der Waals surface area (Å²) in [4.78, 5) is 24.9. The predicted molar refractivity (Wildman–Crippen MR) is 121 cm³/mol. The van der Waals surface area contributed by atoms with E-state index in [-0.39, 0.29) is 22.1 Å². The lowest BCUT2D eigenvalue weighted by Crippen LogP contribution is -2.38. The first-order chi connectivity index (χ1) is 15.3. The maximum absolute atomic E-state index is 14.5. The molecule has 1 N–H and O–H groups in total. The number of hydrogen-bond acceptors (Lipinski definition) is 6. The van der Waals surface area contributed by atoms with Crippen molar-refractivity contribution in [3.63, 3.8) is 0 Å². The second kappa shape index (κ2) is 9.92. The molecule has 7 nitrogen and oxygen atoms in total. The molecule has 0 aliphatic heterocycles. The quantitative estimate of drug-likeness (QED) is 0.492. The zero-order chi connectivity index (χ0) is 23.3. The molecule has 32 heavy (non-hydrogen) atoms. The number of ether oxygens (including phenoxy) is 1. The van der Waals surface area contributed by atoms with E-state index in [0.717, 1.165) is 21.7 Å². The standard InChI is InChI=1S/C22H21FN2O5S2/c1-3-30-22(27)16-8-6-10-18(15(16)2)24-20(26)14-25(19-11-5-4-9-17(19)23)32(28,29)21-12-7-13-31-21/h4-13H,3,14H2,1-2H3,(H,24,26). The highest BCUT2D eigenvalue weighted by molar-refractivity contribution is 7.94. The molecule has 10 heteroatoms. The Kier molecular flexibility index (Phi) is 7.26. The van der Waals surface area contributed by atoms with Gasteiger partial charge in [0.15, 0.2) is 0 Å². The molecule has 0 saturated heterocycles. The van der Waals surface area contributed by atoms with E-state index in [1.54, 1.807) is 43.5 Å². The molecule has 0 atom stereocenters. The second-order valence-corrected chi connectivity index (χ2v) is 9.68. The number of carbonyl (C=O) groups is 2. The van der Waals surface area contributed by atoms with E-state index < -0.39 is 34.3 Å². The molecule has 2 aromatic carbocycles. The van der Waals surface area contributed by atoms with Crippen LogP contribution < -0.4 is 9.62 Å². The van der Waals surface area contributed by atoms with Crippen LogP contribution in [0.15, 0.2) is 64.2 Å². The Morgan fingerprint density at radius 2 is 1.84 bits per heavy atom. The van der Waals surface area contributed by atoms with E-state index >= 15 is 0 Å². The number of nitrogens with one attached hydrogen (secondary N) is 1. The van der Waals surface area contributed by atoms with Crippen LogP contribution in [0, 0.1) is 12.7 Å². The number of esters is 1. The summed E-state index contributed by atoms with van der Waals surface area (Å²) in [6.45, 7) is 2.86. The van der Waals surface area contributed by atoms with Crippen LogP contribution in [0.25, 0.3) is 0 Å². The predicted octanol–water partition coefficient (Wildman–Crippen LogP) is 4.21. The lowest BCUT2D eigenvalue weighted by molar-refractivity contribution is -0.114. The molecule has 0 aliphatic carbocycles. The molecule has 0 radical (unpaired) electrons. The van der Waals surface area contributed by atoms with Gasteiger partial charge >= 0.3 is 5.97 Å². The molecule has 0 fully saturated rings. The number of sulfonamides is 1. The zero-order valence-electron chi connectivity index (χ0n) is 17.4. The molecule has 0 bridgehead atoms. The van der Waals surface area contributed by atoms with Crippen molar-refractivity contribution in [2.75, 3.05) is 22.8 Å². The van der Waals surface area contributed by atoms with Gasteiger partial charge in [0.1, 0.15) is 16.6 Å². The first-order valence-corrected chi connectivity index (χ1v) is 11.9. The Labute approximate surface area is 189 Å². The van der Waals surface area contributed by atoms with Crippen LogP contribution in [0.5, 0.6) is 0 Å². The molecular formula is C22H21FN2O5S2. The molecule has 0 saturated carbocycles. The van der Waals surface area contributed by atoms with E-state index in [4.69, 9.17) is 4.74 Å². The van der Waals surface area contributed by atoms with Crippen LogP contribution in [-0.2, 0) is 19.6 Å². The lowest BCUT2D eigenvalue weighted by Gasteiger charge is -2.24. The minimum absolute atomic E-state index is 0.0194. The summed E-state index contributed by atoms with van der Waals surface area (Å²) in [6, 6.07) is 13.0. The van der Waals surface area contributed by atoms with Gasteiger partial charge in [-0.05, 0) is 55.1 Å². The number of nitrogens with zero attached hydrogens (tertiary/aromatic N) is 1. The van der Waals surface area contributed by atoms with Crippen LogP contribution >= 0.6 is 11.3 Å². The molecule has 0 unspecified atom stereocenters. The second-order valence-electron chi connectivity index (χ2n) is 6.64. The Morgan fingerprint density at radius 1 is 1.09 bits per heavy atom. The molecule has 0 aliphatic rings. The maximum Gasteiger partial charge on any atom is 0.338 e. The van der Waals surface area contributed by atoms with Crippen molar-refractivity contribution in [2.24, 2.45) is 0 Å². The topological polar surface area (TPSA) is 92.8 Å². The Bertz CT molecular complexity index is 1230. The summed E-state index contributed by atoms with van der Waals surface area (Å²) in [7, 11) is -4.18. The summed E-state index contributed by atoms with van der Waals surface area (Å²) < 4.78 is 46.5. The Balaban J connectivity index is 1.91. The minimum Gasteiger partial charge on any atom is -0.462 e. The molecule has 168 valence electrons. The van der Waals surface area contributed by atoms with Crippen molar-refractivity contribution < 1.29 is 27.1 Å². The Hall–Kier alpha value is -3.24. The zero-order valence-corrected chi connectivity index (χ0v) is 19.0. The van der Waals surface area contributed by atoms with Crippen molar-refractivity contribution in [1.82, 2.24) is 0 Å².